The number of ether oxygens (including phenoxy) is 2. The van der Waals surface area contributed by atoms with Gasteiger partial charge in [0.25, 0.3) is 11.8 Å². The molecular formula is C25H20ClIN2O6. The third-order valence-electron chi connectivity index (χ3n) is 5.02. The number of carbonyl (C=O) groups excluding carboxylic acids is 3. The molecular weight excluding hydrogens is 587 g/mol. The third kappa shape index (κ3) is 5.85. The highest BCUT2D eigenvalue weighted by Crippen LogP contribution is 2.36. The van der Waals surface area contributed by atoms with Gasteiger partial charge in [-0.3, -0.25) is 19.8 Å². The first-order chi connectivity index (χ1) is 16.9. The van der Waals surface area contributed by atoms with Crippen LogP contribution in [0.25, 0.3) is 6.08 Å². The minimum absolute atomic E-state index is 0.0957. The van der Waals surface area contributed by atoms with E-state index in [0.29, 0.717) is 41.1 Å². The lowest BCUT2D eigenvalue weighted by molar-refractivity contribution is -0.130. The number of nitrogens with zero attached hydrogens (tertiary/aromatic N) is 1. The van der Waals surface area contributed by atoms with Crippen molar-refractivity contribution in [2.75, 3.05) is 6.61 Å². The maximum Gasteiger partial charge on any atom is 0.331 e. The highest BCUT2D eigenvalue weighted by atomic mass is 127. The Kier molecular flexibility index (Phi) is 7.76. The number of hydrogen-bond donors (Lipinski definition) is 1. The second-order valence-electron chi connectivity index (χ2n) is 7.47. The second kappa shape index (κ2) is 11.0. The van der Waals surface area contributed by atoms with Crippen molar-refractivity contribution in [2.24, 2.45) is 0 Å². The number of barbiturate groups is 1. The van der Waals surface area contributed by atoms with Crippen molar-refractivity contribution >= 4 is 58.1 Å². The predicted octanol–water partition coefficient (Wildman–Crippen LogP) is 5.18. The summed E-state index contributed by atoms with van der Waals surface area (Å²) in [5.41, 5.74) is 1.30. The molecule has 0 spiro atoms. The second-order valence-corrected chi connectivity index (χ2v) is 9.06. The minimum atomic E-state index is -0.802. The zero-order valence-electron chi connectivity index (χ0n) is 18.5. The minimum Gasteiger partial charge on any atom is -0.490 e. The molecule has 1 fully saturated rings. The van der Waals surface area contributed by atoms with E-state index in [2.05, 4.69) is 27.9 Å². The highest BCUT2D eigenvalue weighted by molar-refractivity contribution is 14.1. The van der Waals surface area contributed by atoms with Crippen LogP contribution in [0.4, 0.5) is 4.79 Å². The number of rotatable bonds is 8. The van der Waals surface area contributed by atoms with E-state index < -0.39 is 17.8 Å². The molecule has 0 atom stereocenters. The van der Waals surface area contributed by atoms with Gasteiger partial charge in [-0.25, -0.2) is 4.79 Å². The smallest absolute Gasteiger partial charge is 0.331 e. The van der Waals surface area contributed by atoms with Crippen LogP contribution < -0.4 is 14.8 Å². The molecule has 0 saturated carbocycles. The monoisotopic (exact) mass is 606 g/mol. The molecule has 0 unspecified atom stereocenters. The molecule has 0 radical (unpaired) electrons. The average Bonchev–Trinajstić information content (AvgIpc) is 3.34. The van der Waals surface area contributed by atoms with Gasteiger partial charge in [-0.15, -0.1) is 0 Å². The van der Waals surface area contributed by atoms with E-state index in [4.69, 9.17) is 25.5 Å². The quantitative estimate of drug-likeness (QED) is 0.216. The number of nitrogens with one attached hydrogen (secondary N) is 1. The molecule has 1 aromatic heterocycles. The van der Waals surface area contributed by atoms with Crippen molar-refractivity contribution in [1.82, 2.24) is 10.2 Å². The predicted molar refractivity (Wildman–Crippen MR) is 137 cm³/mol. The van der Waals surface area contributed by atoms with E-state index >= 15 is 0 Å². The van der Waals surface area contributed by atoms with Gasteiger partial charge in [-0.2, -0.15) is 0 Å². The van der Waals surface area contributed by atoms with Crippen LogP contribution in [0.15, 0.2) is 64.8 Å². The van der Waals surface area contributed by atoms with Gasteiger partial charge >= 0.3 is 6.03 Å². The molecule has 180 valence electrons. The SMILES string of the molecule is CCOc1cc(/C=C2\C(=O)NC(=O)N(Cc3ccco3)C2=O)cc(I)c1OCc1ccc(Cl)cc1. The van der Waals surface area contributed by atoms with Crippen LogP contribution in [0.3, 0.4) is 0 Å². The lowest BCUT2D eigenvalue weighted by atomic mass is 10.1. The Bertz CT molecular complexity index is 1290. The molecule has 0 aliphatic carbocycles. The molecule has 3 aromatic rings. The van der Waals surface area contributed by atoms with Crippen LogP contribution in [0.5, 0.6) is 11.5 Å². The van der Waals surface area contributed by atoms with Crippen LogP contribution in [0, 0.1) is 3.57 Å². The average molecular weight is 607 g/mol. The van der Waals surface area contributed by atoms with E-state index in [0.717, 1.165) is 14.0 Å². The van der Waals surface area contributed by atoms with Crippen molar-refractivity contribution in [3.05, 3.63) is 85.8 Å². The van der Waals surface area contributed by atoms with E-state index in [1.54, 1.807) is 36.4 Å². The fourth-order valence-corrected chi connectivity index (χ4v) is 4.28. The number of benzene rings is 2. The fourth-order valence-electron chi connectivity index (χ4n) is 3.37. The summed E-state index contributed by atoms with van der Waals surface area (Å²) in [7, 11) is 0. The molecule has 0 bridgehead atoms. The zero-order chi connectivity index (χ0) is 24.9. The third-order valence-corrected chi connectivity index (χ3v) is 6.07. The number of amides is 4. The van der Waals surface area contributed by atoms with E-state index in [9.17, 15) is 14.4 Å². The van der Waals surface area contributed by atoms with Gasteiger partial charge in [0.2, 0.25) is 0 Å². The molecule has 35 heavy (non-hydrogen) atoms. The lowest BCUT2D eigenvalue weighted by Gasteiger charge is -2.25. The lowest BCUT2D eigenvalue weighted by Crippen LogP contribution is -2.53. The van der Waals surface area contributed by atoms with Crippen LogP contribution in [-0.4, -0.2) is 29.4 Å². The molecule has 2 aromatic carbocycles. The number of halogens is 2. The Morgan fingerprint density at radius 3 is 2.57 bits per heavy atom. The molecule has 1 aliphatic heterocycles. The summed E-state index contributed by atoms with van der Waals surface area (Å²) >= 11 is 8.05. The van der Waals surface area contributed by atoms with Crippen LogP contribution in [-0.2, 0) is 22.7 Å². The molecule has 1 aliphatic rings. The van der Waals surface area contributed by atoms with Crippen molar-refractivity contribution in [3.63, 3.8) is 0 Å². The Balaban J connectivity index is 1.61. The van der Waals surface area contributed by atoms with Crippen molar-refractivity contribution in [1.29, 1.82) is 0 Å². The van der Waals surface area contributed by atoms with Crippen LogP contribution in [0.2, 0.25) is 5.02 Å². The zero-order valence-corrected chi connectivity index (χ0v) is 21.5. The Morgan fingerprint density at radius 1 is 1.11 bits per heavy atom. The van der Waals surface area contributed by atoms with E-state index in [1.165, 1.54) is 12.3 Å². The Labute approximate surface area is 220 Å². The van der Waals surface area contributed by atoms with Gasteiger partial charge in [0.15, 0.2) is 11.5 Å². The molecule has 10 heteroatoms. The fraction of sp³-hybridized carbons (Fsp3) is 0.160. The molecule has 1 saturated heterocycles. The van der Waals surface area contributed by atoms with Gasteiger partial charge in [0.05, 0.1) is 23.0 Å². The maximum absolute atomic E-state index is 13.0. The largest absolute Gasteiger partial charge is 0.490 e. The van der Waals surface area contributed by atoms with Gasteiger partial charge in [-0.1, -0.05) is 23.7 Å². The number of furan rings is 1. The molecule has 8 nitrogen and oxygen atoms in total. The summed E-state index contributed by atoms with van der Waals surface area (Å²) in [6.07, 6.45) is 2.87. The highest BCUT2D eigenvalue weighted by Gasteiger charge is 2.36. The van der Waals surface area contributed by atoms with Crippen LogP contribution in [0.1, 0.15) is 23.8 Å². The summed E-state index contributed by atoms with van der Waals surface area (Å²) < 4.78 is 17.7. The number of carbonyl (C=O) groups is 3. The standard InChI is InChI=1S/C25H20ClIN2O6/c1-2-33-21-12-16(11-20(27)22(21)35-14-15-5-7-17(26)8-6-15)10-19-23(30)28-25(32)29(24(19)31)13-18-4-3-9-34-18/h3-12H,2,13-14H2,1H3,(H,28,30,32)/b19-10+. The first kappa shape index (κ1) is 24.8. The van der Waals surface area contributed by atoms with Gasteiger partial charge in [-0.05, 0) is 83.1 Å². The number of imide groups is 2. The molecule has 4 rings (SSSR count). The topological polar surface area (TPSA) is 98.1 Å². The van der Waals surface area contributed by atoms with Crippen molar-refractivity contribution < 1.29 is 28.3 Å². The first-order valence-electron chi connectivity index (χ1n) is 10.6. The summed E-state index contributed by atoms with van der Waals surface area (Å²) in [5.74, 6) is -0.0681. The normalized spacial score (nSPS) is 14.9. The number of urea groups is 1. The van der Waals surface area contributed by atoms with E-state index in [1.807, 2.05) is 19.1 Å². The molecule has 4 amide bonds. The number of hydrogen-bond acceptors (Lipinski definition) is 6. The molecule has 1 N–H and O–H groups in total. The summed E-state index contributed by atoms with van der Waals surface area (Å²) in [6.45, 7) is 2.44. The maximum atomic E-state index is 13.0. The Hall–Kier alpha value is -3.31. The van der Waals surface area contributed by atoms with Crippen molar-refractivity contribution in [2.45, 2.75) is 20.1 Å². The van der Waals surface area contributed by atoms with Crippen LogP contribution >= 0.6 is 34.2 Å². The van der Waals surface area contributed by atoms with Crippen molar-refractivity contribution in [3.8, 4) is 11.5 Å². The van der Waals surface area contributed by atoms with E-state index in [-0.39, 0.29) is 12.1 Å². The van der Waals surface area contributed by atoms with Gasteiger partial charge in [0, 0.05) is 5.02 Å². The first-order valence-corrected chi connectivity index (χ1v) is 12.1. The Morgan fingerprint density at radius 2 is 1.89 bits per heavy atom. The summed E-state index contributed by atoms with van der Waals surface area (Å²) in [4.78, 5) is 38.6. The van der Waals surface area contributed by atoms with Gasteiger partial charge < -0.3 is 13.9 Å². The summed E-state index contributed by atoms with van der Waals surface area (Å²) in [6, 6.07) is 13.3. The van der Waals surface area contributed by atoms with Gasteiger partial charge in [0.1, 0.15) is 17.9 Å². The molecule has 2 heterocycles. The summed E-state index contributed by atoms with van der Waals surface area (Å²) in [5, 5.41) is 2.84.